The lowest BCUT2D eigenvalue weighted by Gasteiger charge is -2.25. The Morgan fingerprint density at radius 2 is 2.28 bits per heavy atom. The lowest BCUT2D eigenvalue weighted by atomic mass is 10.1. The largest absolute Gasteiger partial charge is 0.331 e. The number of hydrogen-bond donors (Lipinski definition) is 1. The smallest absolute Gasteiger partial charge is 0.270 e. The minimum Gasteiger partial charge on any atom is -0.331 e. The van der Waals surface area contributed by atoms with Crippen LogP contribution in [-0.4, -0.2) is 44.0 Å². The maximum Gasteiger partial charge on any atom is 0.270 e. The molecule has 3 rings (SSSR count). The third kappa shape index (κ3) is 1.66. The molecule has 1 N–H and O–H groups in total. The Balaban J connectivity index is 1.76. The van der Waals surface area contributed by atoms with Crippen molar-refractivity contribution < 1.29 is 9.59 Å². The molecule has 1 aromatic heterocycles. The fourth-order valence-corrected chi connectivity index (χ4v) is 2.19. The first-order valence-electron chi connectivity index (χ1n) is 5.67. The number of nitrogens with one attached hydrogen (secondary N) is 1. The summed E-state index contributed by atoms with van der Waals surface area (Å²) >= 11 is 0. The third-order valence-electron chi connectivity index (χ3n) is 3.16. The van der Waals surface area contributed by atoms with Gasteiger partial charge in [0.1, 0.15) is 11.4 Å². The molecule has 94 valence electrons. The van der Waals surface area contributed by atoms with E-state index in [9.17, 15) is 9.59 Å². The van der Waals surface area contributed by atoms with E-state index < -0.39 is 0 Å². The van der Waals surface area contributed by atoms with Gasteiger partial charge in [-0.25, -0.2) is 5.43 Å². The Bertz CT molecular complexity index is 561. The second kappa shape index (κ2) is 3.90. The molecule has 0 bridgehead atoms. The van der Waals surface area contributed by atoms with Crippen LogP contribution in [0.4, 0.5) is 0 Å². The summed E-state index contributed by atoms with van der Waals surface area (Å²) in [4.78, 5) is 24.8. The predicted molar refractivity (Wildman–Crippen MR) is 60.3 cm³/mol. The molecule has 0 aromatic carbocycles. The molecule has 1 aromatic rings. The second-order valence-corrected chi connectivity index (χ2v) is 4.35. The van der Waals surface area contributed by atoms with Crippen LogP contribution in [0.1, 0.15) is 17.8 Å². The van der Waals surface area contributed by atoms with Crippen molar-refractivity contribution in [3.63, 3.8) is 0 Å². The number of carbonyl (C=O) groups excluding carboxylic acids is 2. The Morgan fingerprint density at radius 3 is 3.00 bits per heavy atom. The summed E-state index contributed by atoms with van der Waals surface area (Å²) in [6.07, 6.45) is 0.780. The van der Waals surface area contributed by atoms with Crippen molar-refractivity contribution >= 4 is 17.5 Å². The molecule has 0 fully saturated rings. The molecule has 2 aliphatic heterocycles. The fourth-order valence-electron chi connectivity index (χ4n) is 2.19. The number of carbonyl (C=O) groups is 2. The number of aryl methyl sites for hydroxylation is 1. The highest BCUT2D eigenvalue weighted by atomic mass is 16.2. The first-order valence-corrected chi connectivity index (χ1v) is 5.67. The van der Waals surface area contributed by atoms with E-state index in [0.29, 0.717) is 13.1 Å². The molecule has 2 amide bonds. The summed E-state index contributed by atoms with van der Waals surface area (Å²) in [7, 11) is 1.84. The highest BCUT2D eigenvalue weighted by molar-refractivity contribution is 6.43. The zero-order valence-electron chi connectivity index (χ0n) is 9.88. The number of nitrogens with zero attached hydrogens (tertiary/aromatic N) is 5. The topological polar surface area (TPSA) is 92.5 Å². The molecular weight excluding hydrogens is 236 g/mol. The monoisotopic (exact) mass is 248 g/mol. The van der Waals surface area contributed by atoms with Gasteiger partial charge in [-0.05, 0) is 0 Å². The molecule has 0 aliphatic carbocycles. The molecular formula is C10H12N6O2. The van der Waals surface area contributed by atoms with Crippen LogP contribution in [0.2, 0.25) is 0 Å². The Kier molecular flexibility index (Phi) is 2.35. The minimum atomic E-state index is -0.240. The number of hydrogen-bond acceptors (Lipinski definition) is 5. The third-order valence-corrected chi connectivity index (χ3v) is 3.16. The predicted octanol–water partition coefficient (Wildman–Crippen LogP) is -1.42. The van der Waals surface area contributed by atoms with Gasteiger partial charge >= 0.3 is 0 Å². The van der Waals surface area contributed by atoms with Gasteiger partial charge in [-0.2, -0.15) is 5.10 Å². The lowest BCUT2D eigenvalue weighted by molar-refractivity contribution is -0.125. The van der Waals surface area contributed by atoms with Crippen molar-refractivity contribution in [3.8, 4) is 0 Å². The van der Waals surface area contributed by atoms with Gasteiger partial charge in [-0.3, -0.25) is 14.3 Å². The van der Waals surface area contributed by atoms with Crippen LogP contribution in [0.15, 0.2) is 5.10 Å². The van der Waals surface area contributed by atoms with Gasteiger partial charge in [-0.15, -0.1) is 5.10 Å². The summed E-state index contributed by atoms with van der Waals surface area (Å²) in [5.74, 6) is -0.444. The van der Waals surface area contributed by atoms with E-state index >= 15 is 0 Å². The first-order chi connectivity index (χ1) is 8.65. The van der Waals surface area contributed by atoms with E-state index in [-0.39, 0.29) is 23.9 Å². The van der Waals surface area contributed by atoms with E-state index in [4.69, 9.17) is 0 Å². The summed E-state index contributed by atoms with van der Waals surface area (Å²) in [5, 5.41) is 11.7. The molecule has 18 heavy (non-hydrogen) atoms. The number of rotatable bonds is 1. The molecule has 0 atom stereocenters. The van der Waals surface area contributed by atoms with Crippen molar-refractivity contribution in [2.75, 3.05) is 6.54 Å². The molecule has 0 radical (unpaired) electrons. The number of amides is 2. The Labute approximate surface area is 103 Å². The summed E-state index contributed by atoms with van der Waals surface area (Å²) < 4.78 is 1.73. The molecule has 0 spiro atoms. The van der Waals surface area contributed by atoms with Crippen molar-refractivity contribution in [2.45, 2.75) is 19.4 Å². The van der Waals surface area contributed by atoms with Crippen molar-refractivity contribution in [1.29, 1.82) is 0 Å². The van der Waals surface area contributed by atoms with Crippen LogP contribution in [0, 0.1) is 0 Å². The molecule has 0 saturated carbocycles. The van der Waals surface area contributed by atoms with E-state index in [0.717, 1.165) is 17.8 Å². The summed E-state index contributed by atoms with van der Waals surface area (Å²) in [6.45, 7) is 1.02. The minimum absolute atomic E-state index is 0.0582. The molecule has 0 unspecified atom stereocenters. The van der Waals surface area contributed by atoms with Gasteiger partial charge in [0.05, 0.1) is 18.7 Å². The van der Waals surface area contributed by atoms with Gasteiger partial charge in [0, 0.05) is 20.0 Å². The second-order valence-electron chi connectivity index (χ2n) is 4.35. The van der Waals surface area contributed by atoms with Crippen LogP contribution in [-0.2, 0) is 29.6 Å². The van der Waals surface area contributed by atoms with Crippen molar-refractivity contribution in [2.24, 2.45) is 12.1 Å². The van der Waals surface area contributed by atoms with E-state index in [1.807, 2.05) is 7.05 Å². The van der Waals surface area contributed by atoms with Gasteiger partial charge in [-0.1, -0.05) is 5.21 Å². The average Bonchev–Trinajstić information content (AvgIpc) is 2.95. The number of aromatic nitrogens is 3. The highest BCUT2D eigenvalue weighted by Gasteiger charge is 2.30. The van der Waals surface area contributed by atoms with Crippen LogP contribution < -0.4 is 5.43 Å². The van der Waals surface area contributed by atoms with E-state index in [1.54, 1.807) is 9.58 Å². The van der Waals surface area contributed by atoms with Crippen molar-refractivity contribution in [1.82, 2.24) is 25.3 Å². The normalized spacial score (nSPS) is 18.4. The summed E-state index contributed by atoms with van der Waals surface area (Å²) in [6, 6.07) is 0. The Morgan fingerprint density at radius 1 is 1.44 bits per heavy atom. The Hall–Kier alpha value is -2.25. The standard InChI is InChI=1S/C10H12N6O2/c1-15-8-2-3-16(5-7(8)12-14-15)10(18)6-4-9(17)13-11-6/h2-5H2,1H3,(H,13,17). The summed E-state index contributed by atoms with van der Waals surface area (Å²) in [5.41, 5.74) is 4.42. The molecule has 8 heteroatoms. The maximum absolute atomic E-state index is 12.1. The molecule has 8 nitrogen and oxygen atoms in total. The SMILES string of the molecule is Cn1nnc2c1CCN(C(=O)C1=NNC(=O)C1)C2. The molecule has 2 aliphatic rings. The van der Waals surface area contributed by atoms with Crippen LogP contribution in [0.3, 0.4) is 0 Å². The van der Waals surface area contributed by atoms with Crippen LogP contribution in [0.5, 0.6) is 0 Å². The zero-order valence-corrected chi connectivity index (χ0v) is 9.88. The van der Waals surface area contributed by atoms with E-state index in [2.05, 4.69) is 20.8 Å². The van der Waals surface area contributed by atoms with Gasteiger partial charge in [0.25, 0.3) is 5.91 Å². The molecule has 0 saturated heterocycles. The van der Waals surface area contributed by atoms with Crippen LogP contribution >= 0.6 is 0 Å². The molecule has 3 heterocycles. The average molecular weight is 248 g/mol. The van der Waals surface area contributed by atoms with Crippen molar-refractivity contribution in [3.05, 3.63) is 11.4 Å². The van der Waals surface area contributed by atoms with Gasteiger partial charge in [0.15, 0.2) is 0 Å². The van der Waals surface area contributed by atoms with Crippen LogP contribution in [0.25, 0.3) is 0 Å². The van der Waals surface area contributed by atoms with Gasteiger partial charge in [0.2, 0.25) is 5.91 Å². The number of hydrazone groups is 1. The van der Waals surface area contributed by atoms with Gasteiger partial charge < -0.3 is 4.90 Å². The first kappa shape index (κ1) is 10.9. The quantitative estimate of drug-likeness (QED) is 0.660. The fraction of sp³-hybridized carbons (Fsp3) is 0.500. The lowest BCUT2D eigenvalue weighted by Crippen LogP contribution is -2.40. The maximum atomic E-state index is 12.1. The highest BCUT2D eigenvalue weighted by Crippen LogP contribution is 2.16. The zero-order chi connectivity index (χ0) is 12.7. The van der Waals surface area contributed by atoms with E-state index in [1.165, 1.54) is 0 Å². The number of fused-ring (bicyclic) bond motifs is 1.